The molecule has 96 valence electrons. The van der Waals surface area contributed by atoms with E-state index in [0.29, 0.717) is 13.2 Å². The van der Waals surface area contributed by atoms with Crippen LogP contribution in [0.15, 0.2) is 24.3 Å². The minimum Gasteiger partial charge on any atom is -0.493 e. The summed E-state index contributed by atoms with van der Waals surface area (Å²) in [5.41, 5.74) is 6.62. The molecule has 3 heteroatoms. The molecule has 3 nitrogen and oxygen atoms in total. The molecule has 0 aromatic heterocycles. The Hall–Kier alpha value is -1.06. The van der Waals surface area contributed by atoms with Gasteiger partial charge in [0.25, 0.3) is 0 Å². The van der Waals surface area contributed by atoms with Crippen LogP contribution < -0.4 is 10.5 Å². The van der Waals surface area contributed by atoms with E-state index >= 15 is 0 Å². The molecular weight excluding hydrogens is 214 g/mol. The number of hydrogen-bond acceptors (Lipinski definition) is 3. The molecule has 2 N–H and O–H groups in total. The molecule has 0 spiro atoms. The average Bonchev–Trinajstić information content (AvgIpc) is 2.32. The molecule has 0 bridgehead atoms. The van der Waals surface area contributed by atoms with Crippen molar-refractivity contribution in [3.63, 3.8) is 0 Å². The second-order valence-corrected chi connectivity index (χ2v) is 4.74. The highest BCUT2D eigenvalue weighted by Gasteiger charge is 2.15. The molecule has 0 radical (unpaired) electrons. The van der Waals surface area contributed by atoms with E-state index in [9.17, 15) is 0 Å². The largest absolute Gasteiger partial charge is 0.493 e. The van der Waals surface area contributed by atoms with Gasteiger partial charge < -0.3 is 15.2 Å². The van der Waals surface area contributed by atoms with Gasteiger partial charge in [0.1, 0.15) is 5.75 Å². The highest BCUT2D eigenvalue weighted by atomic mass is 16.5. The molecule has 0 fully saturated rings. The molecule has 0 aliphatic rings. The third-order valence-corrected chi connectivity index (χ3v) is 2.88. The fraction of sp³-hybridized carbons (Fsp3) is 0.571. The van der Waals surface area contributed by atoms with Crippen LogP contribution in [0.1, 0.15) is 25.8 Å². The minimum absolute atomic E-state index is 0.126. The average molecular weight is 237 g/mol. The van der Waals surface area contributed by atoms with Gasteiger partial charge in [-0.3, -0.25) is 0 Å². The minimum atomic E-state index is -0.126. The van der Waals surface area contributed by atoms with Gasteiger partial charge in [0, 0.05) is 13.5 Å². The normalized spacial score (nSPS) is 11.5. The number of ether oxygens (including phenoxy) is 2. The summed E-state index contributed by atoms with van der Waals surface area (Å²) in [6.45, 7) is 5.46. The topological polar surface area (TPSA) is 44.5 Å². The lowest BCUT2D eigenvalue weighted by molar-refractivity contribution is 0.00545. The Morgan fingerprint density at radius 2 is 1.82 bits per heavy atom. The molecule has 0 amide bonds. The van der Waals surface area contributed by atoms with Crippen molar-refractivity contribution in [1.82, 2.24) is 0 Å². The number of rotatable bonds is 7. The Morgan fingerprint density at radius 1 is 1.18 bits per heavy atom. The molecule has 0 saturated carbocycles. The zero-order valence-electron chi connectivity index (χ0n) is 11.0. The molecule has 17 heavy (non-hydrogen) atoms. The summed E-state index contributed by atoms with van der Waals surface area (Å²) in [7, 11) is 1.72. The maximum Gasteiger partial charge on any atom is 0.119 e. The van der Waals surface area contributed by atoms with Crippen LogP contribution in [0, 0.1) is 0 Å². The molecule has 0 heterocycles. The van der Waals surface area contributed by atoms with Gasteiger partial charge in [-0.2, -0.15) is 0 Å². The summed E-state index contributed by atoms with van der Waals surface area (Å²) in [6.07, 6.45) is 1.78. The Balaban J connectivity index is 2.37. The van der Waals surface area contributed by atoms with Crippen molar-refractivity contribution in [2.75, 3.05) is 20.3 Å². The predicted octanol–water partition coefficient (Wildman–Crippen LogP) is 2.38. The maximum atomic E-state index is 5.67. The molecular formula is C14H23NO2. The quantitative estimate of drug-likeness (QED) is 0.792. The molecule has 0 aliphatic heterocycles. The van der Waals surface area contributed by atoms with Gasteiger partial charge in [-0.1, -0.05) is 12.1 Å². The number of benzene rings is 1. The Bertz CT molecular complexity index is 319. The lowest BCUT2D eigenvalue weighted by Gasteiger charge is -2.22. The molecule has 1 aromatic rings. The Morgan fingerprint density at radius 3 is 2.35 bits per heavy atom. The fourth-order valence-corrected chi connectivity index (χ4v) is 1.44. The zero-order valence-corrected chi connectivity index (χ0v) is 11.0. The summed E-state index contributed by atoms with van der Waals surface area (Å²) >= 11 is 0. The fourth-order valence-electron chi connectivity index (χ4n) is 1.44. The van der Waals surface area contributed by atoms with E-state index in [4.69, 9.17) is 15.2 Å². The lowest BCUT2D eigenvalue weighted by Crippen LogP contribution is -2.25. The van der Waals surface area contributed by atoms with E-state index in [1.165, 1.54) is 5.56 Å². The number of methoxy groups -OCH3 is 1. The van der Waals surface area contributed by atoms with Gasteiger partial charge in [0.15, 0.2) is 0 Å². The summed E-state index contributed by atoms with van der Waals surface area (Å²) < 4.78 is 11.0. The lowest BCUT2D eigenvalue weighted by atomic mass is 10.1. The van der Waals surface area contributed by atoms with Crippen LogP contribution in [0.3, 0.4) is 0 Å². The number of hydrogen-bond donors (Lipinski definition) is 1. The molecule has 0 aliphatic carbocycles. The van der Waals surface area contributed by atoms with Gasteiger partial charge in [-0.05, 0) is 44.5 Å². The second-order valence-electron chi connectivity index (χ2n) is 4.74. The van der Waals surface area contributed by atoms with E-state index in [0.717, 1.165) is 18.6 Å². The first-order chi connectivity index (χ1) is 8.07. The van der Waals surface area contributed by atoms with Crippen molar-refractivity contribution in [3.8, 4) is 5.75 Å². The monoisotopic (exact) mass is 237 g/mol. The van der Waals surface area contributed by atoms with Crippen LogP contribution in [0.4, 0.5) is 0 Å². The van der Waals surface area contributed by atoms with Crippen LogP contribution in [-0.2, 0) is 11.2 Å². The third-order valence-electron chi connectivity index (χ3n) is 2.88. The van der Waals surface area contributed by atoms with Crippen molar-refractivity contribution in [2.24, 2.45) is 5.73 Å². The second kappa shape index (κ2) is 6.62. The SMILES string of the molecule is COC(C)(C)CCOc1ccc(CCN)cc1. The van der Waals surface area contributed by atoms with Crippen molar-refractivity contribution < 1.29 is 9.47 Å². The Kier molecular flexibility index (Phi) is 5.45. The predicted molar refractivity (Wildman–Crippen MR) is 70.4 cm³/mol. The van der Waals surface area contributed by atoms with Gasteiger partial charge in [-0.25, -0.2) is 0 Å². The van der Waals surface area contributed by atoms with Crippen LogP contribution in [-0.4, -0.2) is 25.9 Å². The third kappa shape index (κ3) is 5.20. The summed E-state index contributed by atoms with van der Waals surface area (Å²) in [4.78, 5) is 0. The highest BCUT2D eigenvalue weighted by molar-refractivity contribution is 5.27. The van der Waals surface area contributed by atoms with E-state index in [2.05, 4.69) is 26.0 Å². The van der Waals surface area contributed by atoms with E-state index in [1.807, 2.05) is 12.1 Å². The van der Waals surface area contributed by atoms with Crippen LogP contribution in [0.5, 0.6) is 5.75 Å². The van der Waals surface area contributed by atoms with Crippen molar-refractivity contribution in [1.29, 1.82) is 0 Å². The molecule has 0 atom stereocenters. The van der Waals surface area contributed by atoms with E-state index in [1.54, 1.807) is 7.11 Å². The first-order valence-corrected chi connectivity index (χ1v) is 6.04. The van der Waals surface area contributed by atoms with Gasteiger partial charge in [-0.15, -0.1) is 0 Å². The van der Waals surface area contributed by atoms with Crippen molar-refractivity contribution in [2.45, 2.75) is 32.3 Å². The highest BCUT2D eigenvalue weighted by Crippen LogP contribution is 2.16. The van der Waals surface area contributed by atoms with Crippen molar-refractivity contribution >= 4 is 0 Å². The van der Waals surface area contributed by atoms with Crippen LogP contribution in [0.25, 0.3) is 0 Å². The molecule has 0 unspecified atom stereocenters. The molecule has 0 saturated heterocycles. The zero-order chi connectivity index (χ0) is 12.7. The van der Waals surface area contributed by atoms with Crippen molar-refractivity contribution in [3.05, 3.63) is 29.8 Å². The first-order valence-electron chi connectivity index (χ1n) is 6.04. The van der Waals surface area contributed by atoms with Gasteiger partial charge in [0.2, 0.25) is 0 Å². The smallest absolute Gasteiger partial charge is 0.119 e. The number of nitrogens with two attached hydrogens (primary N) is 1. The summed E-state index contributed by atoms with van der Waals surface area (Å²) in [5, 5.41) is 0. The van der Waals surface area contributed by atoms with Gasteiger partial charge in [0.05, 0.1) is 12.2 Å². The molecule has 1 aromatic carbocycles. The van der Waals surface area contributed by atoms with E-state index < -0.39 is 0 Å². The van der Waals surface area contributed by atoms with E-state index in [-0.39, 0.29) is 5.60 Å². The van der Waals surface area contributed by atoms with Crippen LogP contribution >= 0.6 is 0 Å². The maximum absolute atomic E-state index is 5.67. The summed E-state index contributed by atoms with van der Waals surface area (Å²) in [5.74, 6) is 0.901. The van der Waals surface area contributed by atoms with Gasteiger partial charge >= 0.3 is 0 Å². The van der Waals surface area contributed by atoms with Crippen LogP contribution in [0.2, 0.25) is 0 Å². The standard InChI is InChI=1S/C14H23NO2/c1-14(2,16-3)9-11-17-13-6-4-12(5-7-13)8-10-15/h4-7H,8-11,15H2,1-3H3. The molecule has 1 rings (SSSR count). The summed E-state index contributed by atoms with van der Waals surface area (Å²) in [6, 6.07) is 8.10. The first kappa shape index (κ1) is 14.0. The Labute approximate surface area is 104 Å².